The van der Waals surface area contributed by atoms with Crippen molar-refractivity contribution in [1.82, 2.24) is 4.98 Å². The topological polar surface area (TPSA) is 107 Å². The van der Waals surface area contributed by atoms with Crippen LogP contribution in [0.15, 0.2) is 36.5 Å². The van der Waals surface area contributed by atoms with Crippen molar-refractivity contribution in [3.05, 3.63) is 42.1 Å². The van der Waals surface area contributed by atoms with Crippen LogP contribution in [0.1, 0.15) is 43.0 Å². The average Bonchev–Trinajstić information content (AvgIpc) is 2.80. The number of aromatic nitrogens is 1. The second-order valence-corrected chi connectivity index (χ2v) is 7.61. The lowest BCUT2D eigenvalue weighted by atomic mass is 9.97. The molecule has 1 aliphatic rings. The first-order valence-corrected chi connectivity index (χ1v) is 10.6. The Balaban J connectivity index is 1.63. The van der Waals surface area contributed by atoms with E-state index in [-0.39, 0.29) is 17.7 Å². The molecule has 31 heavy (non-hydrogen) atoms. The van der Waals surface area contributed by atoms with Crippen LogP contribution >= 0.6 is 0 Å². The van der Waals surface area contributed by atoms with E-state index < -0.39 is 0 Å². The molecule has 3 N–H and O–H groups in total. The normalized spacial score (nSPS) is 15.9. The van der Waals surface area contributed by atoms with E-state index in [1.54, 1.807) is 37.6 Å². The van der Waals surface area contributed by atoms with Crippen molar-refractivity contribution >= 4 is 23.3 Å². The number of rotatable bonds is 9. The van der Waals surface area contributed by atoms with Crippen LogP contribution in [0.4, 0.5) is 11.5 Å². The van der Waals surface area contributed by atoms with Gasteiger partial charge in [0.2, 0.25) is 5.91 Å². The Morgan fingerprint density at radius 3 is 2.77 bits per heavy atom. The van der Waals surface area contributed by atoms with Gasteiger partial charge in [0.05, 0.1) is 31.5 Å². The summed E-state index contributed by atoms with van der Waals surface area (Å²) in [6.07, 6.45) is 5.31. The number of nitrogens with one attached hydrogen (secondary N) is 1. The smallest absolute Gasteiger partial charge is 0.255 e. The molecular formula is C23H30N4O4. The number of piperidine rings is 1. The maximum atomic E-state index is 12.7. The van der Waals surface area contributed by atoms with Gasteiger partial charge in [0.1, 0.15) is 5.82 Å². The van der Waals surface area contributed by atoms with Crippen molar-refractivity contribution < 1.29 is 19.1 Å². The third kappa shape index (κ3) is 5.87. The number of nitrogens with two attached hydrogens (primary N) is 1. The van der Waals surface area contributed by atoms with Gasteiger partial charge < -0.3 is 25.4 Å². The van der Waals surface area contributed by atoms with Gasteiger partial charge in [-0.15, -0.1) is 0 Å². The third-order valence-corrected chi connectivity index (χ3v) is 5.33. The summed E-state index contributed by atoms with van der Waals surface area (Å²) in [5, 5.41) is 2.85. The van der Waals surface area contributed by atoms with Crippen LogP contribution < -0.4 is 25.4 Å². The van der Waals surface area contributed by atoms with Gasteiger partial charge in [-0.05, 0) is 49.6 Å². The van der Waals surface area contributed by atoms with E-state index in [2.05, 4.69) is 17.2 Å². The lowest BCUT2D eigenvalue weighted by Crippen LogP contribution is -2.41. The number of unbranched alkanes of at least 4 members (excludes halogenated alkanes) is 1. The minimum atomic E-state index is -0.272. The molecule has 8 heteroatoms. The van der Waals surface area contributed by atoms with E-state index in [1.165, 1.54) is 0 Å². The van der Waals surface area contributed by atoms with Gasteiger partial charge in [-0.2, -0.15) is 0 Å². The van der Waals surface area contributed by atoms with E-state index in [9.17, 15) is 9.59 Å². The van der Waals surface area contributed by atoms with Crippen LogP contribution in [-0.4, -0.2) is 43.6 Å². The molecule has 0 spiro atoms. The van der Waals surface area contributed by atoms with E-state index in [0.29, 0.717) is 35.9 Å². The second kappa shape index (κ2) is 10.7. The van der Waals surface area contributed by atoms with Crippen molar-refractivity contribution in [3.8, 4) is 11.5 Å². The highest BCUT2D eigenvalue weighted by Gasteiger charge is 2.24. The Morgan fingerprint density at radius 2 is 2.10 bits per heavy atom. The van der Waals surface area contributed by atoms with Gasteiger partial charge >= 0.3 is 0 Å². The molecule has 1 unspecified atom stereocenters. The number of hydrogen-bond donors (Lipinski definition) is 2. The molecule has 1 aliphatic heterocycles. The highest BCUT2D eigenvalue weighted by Crippen LogP contribution is 2.29. The van der Waals surface area contributed by atoms with Crippen LogP contribution in [-0.2, 0) is 4.79 Å². The fourth-order valence-corrected chi connectivity index (χ4v) is 3.52. The van der Waals surface area contributed by atoms with E-state index in [4.69, 9.17) is 15.2 Å². The predicted molar refractivity (Wildman–Crippen MR) is 120 cm³/mol. The number of primary amides is 1. The number of methoxy groups -OCH3 is 1. The van der Waals surface area contributed by atoms with Crippen molar-refractivity contribution in [2.45, 2.75) is 32.6 Å². The minimum Gasteiger partial charge on any atom is -0.493 e. The number of carbonyl (C=O) groups is 2. The van der Waals surface area contributed by atoms with Crippen molar-refractivity contribution in [2.24, 2.45) is 11.7 Å². The Kier molecular flexibility index (Phi) is 7.70. The van der Waals surface area contributed by atoms with E-state index >= 15 is 0 Å². The zero-order chi connectivity index (χ0) is 22.2. The molecule has 2 heterocycles. The zero-order valence-corrected chi connectivity index (χ0v) is 18.1. The first-order chi connectivity index (χ1) is 15.0. The number of anilines is 2. The number of carbonyl (C=O) groups excluding carboxylic acids is 2. The zero-order valence-electron chi connectivity index (χ0n) is 18.1. The molecule has 2 amide bonds. The molecular weight excluding hydrogens is 396 g/mol. The Labute approximate surface area is 182 Å². The Morgan fingerprint density at radius 1 is 1.26 bits per heavy atom. The SMILES string of the molecule is CCCCOc1ccc(C(=O)Nc2ccc(N3CCCC(C(N)=O)C3)nc2)cc1OC. The lowest BCUT2D eigenvalue weighted by Gasteiger charge is -2.32. The molecule has 1 atom stereocenters. The molecule has 8 nitrogen and oxygen atoms in total. The molecule has 0 bridgehead atoms. The van der Waals surface area contributed by atoms with Crippen molar-refractivity contribution in [3.63, 3.8) is 0 Å². The van der Waals surface area contributed by atoms with Crippen LogP contribution in [0.2, 0.25) is 0 Å². The van der Waals surface area contributed by atoms with Gasteiger partial charge in [-0.25, -0.2) is 4.98 Å². The van der Waals surface area contributed by atoms with Gasteiger partial charge in [0.15, 0.2) is 11.5 Å². The number of pyridine rings is 1. The predicted octanol–water partition coefficient (Wildman–Crippen LogP) is 3.22. The monoisotopic (exact) mass is 426 g/mol. The molecule has 1 fully saturated rings. The summed E-state index contributed by atoms with van der Waals surface area (Å²) >= 11 is 0. The lowest BCUT2D eigenvalue weighted by molar-refractivity contribution is -0.122. The summed E-state index contributed by atoms with van der Waals surface area (Å²) in [5.74, 6) is 1.21. The number of amides is 2. The maximum Gasteiger partial charge on any atom is 0.255 e. The molecule has 1 aromatic heterocycles. The summed E-state index contributed by atoms with van der Waals surface area (Å²) in [7, 11) is 1.55. The number of hydrogen-bond acceptors (Lipinski definition) is 6. The third-order valence-electron chi connectivity index (χ3n) is 5.33. The quantitative estimate of drug-likeness (QED) is 0.596. The van der Waals surface area contributed by atoms with E-state index in [1.807, 2.05) is 11.0 Å². The fraction of sp³-hybridized carbons (Fsp3) is 0.435. The first kappa shape index (κ1) is 22.4. The van der Waals surface area contributed by atoms with Gasteiger partial charge in [-0.3, -0.25) is 9.59 Å². The molecule has 1 saturated heterocycles. The molecule has 166 valence electrons. The van der Waals surface area contributed by atoms with Gasteiger partial charge in [-0.1, -0.05) is 13.3 Å². The van der Waals surface area contributed by atoms with Crippen LogP contribution in [0.25, 0.3) is 0 Å². The van der Waals surface area contributed by atoms with Gasteiger partial charge in [0.25, 0.3) is 5.91 Å². The van der Waals surface area contributed by atoms with Crippen molar-refractivity contribution in [1.29, 1.82) is 0 Å². The molecule has 2 aromatic rings. The highest BCUT2D eigenvalue weighted by atomic mass is 16.5. The molecule has 3 rings (SSSR count). The second-order valence-electron chi connectivity index (χ2n) is 7.61. The molecule has 0 saturated carbocycles. The summed E-state index contributed by atoms with van der Waals surface area (Å²) in [6, 6.07) is 8.75. The molecule has 0 aliphatic carbocycles. The first-order valence-electron chi connectivity index (χ1n) is 10.6. The number of nitrogens with zero attached hydrogens (tertiary/aromatic N) is 2. The van der Waals surface area contributed by atoms with Crippen LogP contribution in [0.5, 0.6) is 11.5 Å². The Bertz CT molecular complexity index is 901. The van der Waals surface area contributed by atoms with E-state index in [0.717, 1.165) is 38.0 Å². The summed E-state index contributed by atoms with van der Waals surface area (Å²) in [4.78, 5) is 30.6. The van der Waals surface area contributed by atoms with Crippen molar-refractivity contribution in [2.75, 3.05) is 37.0 Å². The fourth-order valence-electron chi connectivity index (χ4n) is 3.52. The summed E-state index contributed by atoms with van der Waals surface area (Å²) in [5.41, 5.74) is 6.50. The number of ether oxygens (including phenoxy) is 2. The van der Waals surface area contributed by atoms with Gasteiger partial charge in [0, 0.05) is 18.7 Å². The minimum absolute atomic E-state index is 0.154. The average molecular weight is 427 g/mol. The Hall–Kier alpha value is -3.29. The summed E-state index contributed by atoms with van der Waals surface area (Å²) < 4.78 is 11.1. The summed E-state index contributed by atoms with van der Waals surface area (Å²) in [6.45, 7) is 4.10. The molecule has 0 radical (unpaired) electrons. The van der Waals surface area contributed by atoms with Crippen LogP contribution in [0, 0.1) is 5.92 Å². The largest absolute Gasteiger partial charge is 0.493 e. The highest BCUT2D eigenvalue weighted by molar-refractivity contribution is 6.04. The van der Waals surface area contributed by atoms with Crippen LogP contribution in [0.3, 0.4) is 0 Å². The standard InChI is InChI=1S/C23H30N4O4/c1-3-4-12-31-19-9-7-16(13-20(19)30-2)23(29)26-18-8-10-21(25-14-18)27-11-5-6-17(15-27)22(24)28/h7-10,13-14,17H,3-6,11-12,15H2,1-2H3,(H2,24,28)(H,26,29). The number of benzene rings is 1. The molecule has 1 aromatic carbocycles. The maximum absolute atomic E-state index is 12.7.